The maximum absolute atomic E-state index is 10.8. The number of nitro groups is 1. The van der Waals surface area contributed by atoms with E-state index in [0.29, 0.717) is 0 Å². The summed E-state index contributed by atoms with van der Waals surface area (Å²) in [6.07, 6.45) is -1.11. The molecule has 3 N–H and O–H groups in total. The van der Waals surface area contributed by atoms with Crippen LogP contribution in [0.15, 0.2) is 29.2 Å². The molecule has 1 rings (SSSR count). The molecule has 98 valence electrons. The van der Waals surface area contributed by atoms with E-state index in [1.54, 1.807) is 6.07 Å². The van der Waals surface area contributed by atoms with Crippen molar-refractivity contribution in [2.75, 3.05) is 0 Å². The molecule has 0 aliphatic heterocycles. The average molecular weight is 272 g/mol. The fourth-order valence-electron chi connectivity index (χ4n) is 1.18. The Balaban J connectivity index is 2.79. The molecule has 0 unspecified atom stereocenters. The minimum atomic E-state index is -1.23. The topological polar surface area (TPSA) is 113 Å². The summed E-state index contributed by atoms with van der Waals surface area (Å²) in [6.45, 7) is 1.33. The first-order valence-electron chi connectivity index (χ1n) is 5.00. The zero-order valence-corrected chi connectivity index (χ0v) is 10.3. The number of aliphatic carboxylic acids is 1. The molecule has 7 nitrogen and oxygen atoms in total. The number of benzene rings is 1. The summed E-state index contributed by atoms with van der Waals surface area (Å²) in [7, 11) is 0. The number of nitrogens with zero attached hydrogens (tertiary/aromatic N) is 1. The lowest BCUT2D eigenvalue weighted by Gasteiger charge is -2.15. The van der Waals surface area contributed by atoms with Crippen LogP contribution in [0.1, 0.15) is 6.92 Å². The molecule has 0 amide bonds. The van der Waals surface area contributed by atoms with Crippen molar-refractivity contribution in [3.63, 3.8) is 0 Å². The summed E-state index contributed by atoms with van der Waals surface area (Å²) >= 11 is 0.808. The van der Waals surface area contributed by atoms with Gasteiger partial charge in [0.15, 0.2) is 0 Å². The van der Waals surface area contributed by atoms with E-state index >= 15 is 0 Å². The molecule has 0 heterocycles. The molecule has 0 bridgehead atoms. The second-order valence-corrected chi connectivity index (χ2v) is 4.38. The van der Waals surface area contributed by atoms with Crippen LogP contribution in [0.3, 0.4) is 0 Å². The van der Waals surface area contributed by atoms with Gasteiger partial charge in [0.1, 0.15) is 10.9 Å². The van der Waals surface area contributed by atoms with Crippen molar-refractivity contribution in [2.24, 2.45) is 0 Å². The van der Waals surface area contributed by atoms with Crippen LogP contribution < -0.4 is 4.72 Å². The number of carbonyl (C=O) groups is 1. The van der Waals surface area contributed by atoms with Gasteiger partial charge in [0.2, 0.25) is 0 Å². The summed E-state index contributed by atoms with van der Waals surface area (Å²) in [5, 5.41) is 28.8. The van der Waals surface area contributed by atoms with Gasteiger partial charge in [-0.15, -0.1) is 0 Å². The Kier molecular flexibility index (Phi) is 5.08. The third-order valence-electron chi connectivity index (χ3n) is 2.11. The molecule has 0 saturated carbocycles. The van der Waals surface area contributed by atoms with E-state index in [0.717, 1.165) is 11.9 Å². The summed E-state index contributed by atoms with van der Waals surface area (Å²) in [4.78, 5) is 21.3. The molecule has 0 aliphatic carbocycles. The van der Waals surface area contributed by atoms with Crippen LogP contribution in [0.5, 0.6) is 0 Å². The number of hydrogen-bond donors (Lipinski definition) is 3. The molecule has 8 heteroatoms. The SMILES string of the molecule is C[C@@H](O)[C@@H](NSc1ccccc1[N+](=O)[O-])C(=O)O. The Bertz CT molecular complexity index is 452. The second kappa shape index (κ2) is 6.34. The van der Waals surface area contributed by atoms with Crippen LogP contribution in [-0.2, 0) is 4.79 Å². The largest absolute Gasteiger partial charge is 0.480 e. The number of nitro benzene ring substituents is 1. The summed E-state index contributed by atoms with van der Waals surface area (Å²) in [5.41, 5.74) is -0.121. The van der Waals surface area contributed by atoms with Crippen LogP contribution in [0.25, 0.3) is 0 Å². The zero-order chi connectivity index (χ0) is 13.7. The Morgan fingerprint density at radius 2 is 2.11 bits per heavy atom. The maximum atomic E-state index is 10.8. The Labute approximate surface area is 107 Å². The minimum Gasteiger partial charge on any atom is -0.480 e. The van der Waals surface area contributed by atoms with Crippen LogP contribution in [0.2, 0.25) is 0 Å². The predicted molar refractivity (Wildman–Crippen MR) is 65.2 cm³/mol. The fraction of sp³-hybridized carbons (Fsp3) is 0.300. The van der Waals surface area contributed by atoms with Crippen molar-refractivity contribution >= 4 is 23.6 Å². The van der Waals surface area contributed by atoms with Crippen molar-refractivity contribution in [3.05, 3.63) is 34.4 Å². The summed E-state index contributed by atoms with van der Waals surface area (Å²) < 4.78 is 2.49. The van der Waals surface area contributed by atoms with E-state index in [2.05, 4.69) is 4.72 Å². The van der Waals surface area contributed by atoms with Gasteiger partial charge in [-0.3, -0.25) is 14.9 Å². The summed E-state index contributed by atoms with van der Waals surface area (Å²) in [5.74, 6) is -1.23. The van der Waals surface area contributed by atoms with Gasteiger partial charge < -0.3 is 10.2 Å². The van der Waals surface area contributed by atoms with E-state index in [1.165, 1.54) is 25.1 Å². The zero-order valence-electron chi connectivity index (χ0n) is 9.44. The number of hydrogen-bond acceptors (Lipinski definition) is 6. The molecule has 0 spiro atoms. The lowest BCUT2D eigenvalue weighted by atomic mass is 10.2. The Hall–Kier alpha value is -1.64. The number of para-hydroxylation sites is 1. The van der Waals surface area contributed by atoms with E-state index in [9.17, 15) is 20.0 Å². The average Bonchev–Trinajstić information content (AvgIpc) is 2.28. The first-order chi connectivity index (χ1) is 8.43. The van der Waals surface area contributed by atoms with Crippen LogP contribution in [-0.4, -0.2) is 33.3 Å². The van der Waals surface area contributed by atoms with Gasteiger partial charge >= 0.3 is 5.97 Å². The number of carboxylic acids is 1. The lowest BCUT2D eigenvalue weighted by Crippen LogP contribution is -2.41. The molecule has 0 fully saturated rings. The van der Waals surface area contributed by atoms with Crippen LogP contribution in [0, 0.1) is 10.1 Å². The third kappa shape index (κ3) is 3.69. The molecular weight excluding hydrogens is 260 g/mol. The molecule has 18 heavy (non-hydrogen) atoms. The Morgan fingerprint density at radius 3 is 2.61 bits per heavy atom. The number of rotatable bonds is 6. The number of nitrogens with one attached hydrogen (secondary N) is 1. The normalized spacial score (nSPS) is 13.9. The number of aliphatic hydroxyl groups excluding tert-OH is 1. The molecule has 2 atom stereocenters. The fourth-order valence-corrected chi connectivity index (χ4v) is 2.12. The molecule has 0 radical (unpaired) electrons. The smallest absolute Gasteiger partial charge is 0.324 e. The van der Waals surface area contributed by atoms with Gasteiger partial charge in [-0.25, -0.2) is 4.72 Å². The van der Waals surface area contributed by atoms with Gasteiger partial charge in [0.25, 0.3) is 5.69 Å². The quantitative estimate of drug-likeness (QED) is 0.402. The standard InChI is InChI=1S/C10H12N2O5S/c1-6(13)9(10(14)15)11-18-8-5-3-2-4-7(8)12(16)17/h2-6,9,11,13H,1H3,(H,14,15)/t6-,9-/m1/s1. The van der Waals surface area contributed by atoms with E-state index < -0.39 is 23.0 Å². The maximum Gasteiger partial charge on any atom is 0.324 e. The highest BCUT2D eigenvalue weighted by Crippen LogP contribution is 2.27. The van der Waals surface area contributed by atoms with Gasteiger partial charge in [-0.05, 0) is 24.9 Å². The molecule has 1 aromatic rings. The first kappa shape index (κ1) is 14.4. The van der Waals surface area contributed by atoms with Crippen molar-refractivity contribution in [1.82, 2.24) is 4.72 Å². The third-order valence-corrected chi connectivity index (χ3v) is 3.04. The van der Waals surface area contributed by atoms with E-state index in [1.807, 2.05) is 0 Å². The van der Waals surface area contributed by atoms with Crippen LogP contribution in [0.4, 0.5) is 5.69 Å². The lowest BCUT2D eigenvalue weighted by molar-refractivity contribution is -0.387. The molecular formula is C10H12N2O5S. The van der Waals surface area contributed by atoms with Crippen molar-refractivity contribution in [1.29, 1.82) is 0 Å². The van der Waals surface area contributed by atoms with Gasteiger partial charge in [0, 0.05) is 6.07 Å². The van der Waals surface area contributed by atoms with Crippen LogP contribution >= 0.6 is 11.9 Å². The monoisotopic (exact) mass is 272 g/mol. The highest BCUT2D eigenvalue weighted by molar-refractivity contribution is 7.97. The minimum absolute atomic E-state index is 0.121. The number of carboxylic acid groups (broad SMARTS) is 1. The molecule has 0 aliphatic rings. The van der Waals surface area contributed by atoms with Crippen molar-refractivity contribution < 1.29 is 19.9 Å². The molecule has 0 aromatic heterocycles. The second-order valence-electron chi connectivity index (χ2n) is 3.50. The predicted octanol–water partition coefficient (Wildman–Crippen LogP) is 1.03. The first-order valence-corrected chi connectivity index (χ1v) is 5.81. The summed E-state index contributed by atoms with van der Waals surface area (Å²) in [6, 6.07) is 4.74. The van der Waals surface area contributed by atoms with Gasteiger partial charge in [-0.2, -0.15) is 0 Å². The van der Waals surface area contributed by atoms with Crippen molar-refractivity contribution in [2.45, 2.75) is 24.0 Å². The Morgan fingerprint density at radius 1 is 1.50 bits per heavy atom. The molecule has 0 saturated heterocycles. The highest BCUT2D eigenvalue weighted by atomic mass is 32.2. The molecule has 1 aromatic carbocycles. The van der Waals surface area contributed by atoms with Crippen molar-refractivity contribution in [3.8, 4) is 0 Å². The van der Waals surface area contributed by atoms with E-state index in [-0.39, 0.29) is 10.6 Å². The number of aliphatic hydroxyl groups is 1. The van der Waals surface area contributed by atoms with Gasteiger partial charge in [0.05, 0.1) is 11.0 Å². The van der Waals surface area contributed by atoms with Gasteiger partial charge in [-0.1, -0.05) is 12.1 Å². The van der Waals surface area contributed by atoms with E-state index in [4.69, 9.17) is 5.11 Å². The highest BCUT2D eigenvalue weighted by Gasteiger charge is 2.24.